The van der Waals surface area contributed by atoms with Crippen molar-refractivity contribution in [3.63, 3.8) is 0 Å². The number of nitrogens with zero attached hydrogens (tertiary/aromatic N) is 4. The topological polar surface area (TPSA) is 94.4 Å². The zero-order valence-corrected chi connectivity index (χ0v) is 17.1. The highest BCUT2D eigenvalue weighted by atomic mass is 32.2. The molecule has 1 aromatic heterocycles. The number of amides is 1. The van der Waals surface area contributed by atoms with Gasteiger partial charge < -0.3 is 14.2 Å². The second-order valence-corrected chi connectivity index (χ2v) is 10.4. The van der Waals surface area contributed by atoms with Crippen LogP contribution in [0.3, 0.4) is 0 Å². The van der Waals surface area contributed by atoms with Crippen LogP contribution in [0.2, 0.25) is 0 Å². The molecule has 1 aromatic rings. The fraction of sp³-hybridized carbons (Fsp3) is 0.812. The summed E-state index contributed by atoms with van der Waals surface area (Å²) in [6.07, 6.45) is 1.40. The summed E-state index contributed by atoms with van der Waals surface area (Å²) in [5.74, 6) is 1.76. The van der Waals surface area contributed by atoms with Crippen LogP contribution in [0.4, 0.5) is 0 Å². The molecule has 3 heterocycles. The number of hydrogen-bond acceptors (Lipinski definition) is 7. The molecule has 2 aliphatic rings. The Hall–Kier alpha value is -1.13. The van der Waals surface area contributed by atoms with Gasteiger partial charge in [0.25, 0.3) is 0 Å². The Balaban J connectivity index is 1.54. The third kappa shape index (κ3) is 4.77. The molecule has 1 amide bonds. The Morgan fingerprint density at radius 1 is 1.27 bits per heavy atom. The van der Waals surface area contributed by atoms with Gasteiger partial charge in [-0.25, -0.2) is 8.42 Å². The highest BCUT2D eigenvalue weighted by Gasteiger charge is 2.30. The predicted octanol–water partition coefficient (Wildman–Crippen LogP) is 0.520. The van der Waals surface area contributed by atoms with Crippen LogP contribution in [-0.4, -0.2) is 76.5 Å². The highest BCUT2D eigenvalue weighted by Crippen LogP contribution is 2.24. The average Bonchev–Trinajstić information content (AvgIpc) is 3.07. The quantitative estimate of drug-likeness (QED) is 0.663. The van der Waals surface area contributed by atoms with E-state index in [1.807, 2.05) is 30.4 Å². The molecule has 8 nitrogen and oxygen atoms in total. The Kier molecular flexibility index (Phi) is 5.93. The summed E-state index contributed by atoms with van der Waals surface area (Å²) >= 11 is 1.37. The van der Waals surface area contributed by atoms with Crippen LogP contribution in [-0.2, 0) is 32.8 Å². The Labute approximate surface area is 158 Å². The first-order valence-corrected chi connectivity index (χ1v) is 11.7. The number of ether oxygens (including phenoxy) is 1. The molecule has 146 valence electrons. The van der Waals surface area contributed by atoms with E-state index in [2.05, 4.69) is 10.2 Å². The molecule has 10 heteroatoms. The number of carbonyl (C=O) groups excluding carboxylic acids is 1. The number of hydrogen-bond donors (Lipinski definition) is 0. The van der Waals surface area contributed by atoms with Crippen LogP contribution < -0.4 is 0 Å². The van der Waals surface area contributed by atoms with E-state index in [1.54, 1.807) is 0 Å². The van der Waals surface area contributed by atoms with Crippen molar-refractivity contribution in [2.75, 3.05) is 30.3 Å². The minimum atomic E-state index is -2.89. The Morgan fingerprint density at radius 2 is 1.96 bits per heavy atom. The van der Waals surface area contributed by atoms with E-state index < -0.39 is 9.84 Å². The minimum absolute atomic E-state index is 0.0526. The van der Waals surface area contributed by atoms with E-state index in [-0.39, 0.29) is 35.5 Å². The number of carbonyl (C=O) groups is 1. The van der Waals surface area contributed by atoms with Crippen molar-refractivity contribution in [1.82, 2.24) is 19.7 Å². The molecule has 0 aliphatic carbocycles. The van der Waals surface area contributed by atoms with E-state index in [1.165, 1.54) is 11.8 Å². The number of morpholine rings is 1. The van der Waals surface area contributed by atoms with Crippen LogP contribution >= 0.6 is 11.8 Å². The lowest BCUT2D eigenvalue weighted by Gasteiger charge is -2.35. The van der Waals surface area contributed by atoms with Crippen molar-refractivity contribution in [3.05, 3.63) is 5.82 Å². The fourth-order valence-corrected chi connectivity index (χ4v) is 6.23. The molecule has 0 N–H and O–H groups in total. The number of thioether (sulfide) groups is 1. The summed E-state index contributed by atoms with van der Waals surface area (Å²) in [7, 11) is -1.02. The van der Waals surface area contributed by atoms with Crippen LogP contribution in [0, 0.1) is 5.92 Å². The summed E-state index contributed by atoms with van der Waals surface area (Å²) < 4.78 is 30.7. The Morgan fingerprint density at radius 3 is 2.58 bits per heavy atom. The van der Waals surface area contributed by atoms with Crippen molar-refractivity contribution >= 4 is 27.5 Å². The predicted molar refractivity (Wildman–Crippen MR) is 98.8 cm³/mol. The monoisotopic (exact) mass is 402 g/mol. The molecule has 0 spiro atoms. The second-order valence-electron chi connectivity index (χ2n) is 7.28. The van der Waals surface area contributed by atoms with Crippen molar-refractivity contribution < 1.29 is 17.9 Å². The molecule has 0 saturated carbocycles. The third-order valence-electron chi connectivity index (χ3n) is 4.82. The zero-order chi connectivity index (χ0) is 18.9. The van der Waals surface area contributed by atoms with Gasteiger partial charge in [0.05, 0.1) is 29.5 Å². The Bertz CT molecular complexity index is 754. The molecule has 0 bridgehead atoms. The SMILES string of the molecule is C[C@H]1CN(C(=O)CSc2nnc(C[C@@H]3CCS(=O)(=O)C3)n2C)C[C@H](C)O1. The van der Waals surface area contributed by atoms with Crippen LogP contribution in [0.1, 0.15) is 26.1 Å². The largest absolute Gasteiger partial charge is 0.372 e. The van der Waals surface area contributed by atoms with Crippen LogP contribution in [0.25, 0.3) is 0 Å². The van der Waals surface area contributed by atoms with Crippen molar-refractivity contribution in [3.8, 4) is 0 Å². The third-order valence-corrected chi connectivity index (χ3v) is 7.66. The van der Waals surface area contributed by atoms with E-state index in [0.29, 0.717) is 36.8 Å². The van der Waals surface area contributed by atoms with E-state index in [0.717, 1.165) is 5.82 Å². The average molecular weight is 403 g/mol. The zero-order valence-electron chi connectivity index (χ0n) is 15.4. The number of rotatable bonds is 5. The van der Waals surface area contributed by atoms with E-state index in [9.17, 15) is 13.2 Å². The van der Waals surface area contributed by atoms with Gasteiger partial charge in [-0.2, -0.15) is 0 Å². The van der Waals surface area contributed by atoms with Gasteiger partial charge in [-0.05, 0) is 26.2 Å². The van der Waals surface area contributed by atoms with E-state index >= 15 is 0 Å². The van der Waals surface area contributed by atoms with Crippen molar-refractivity contribution in [2.24, 2.45) is 13.0 Å². The molecule has 0 unspecified atom stereocenters. The highest BCUT2D eigenvalue weighted by molar-refractivity contribution is 7.99. The summed E-state index contributed by atoms with van der Waals surface area (Å²) in [4.78, 5) is 14.3. The number of sulfone groups is 1. The standard InChI is InChI=1S/C16H26N4O4S2/c1-11-7-20(8-12(2)24-11)15(21)9-25-16-18-17-14(19(16)3)6-13-4-5-26(22,23)10-13/h11-13H,4-10H2,1-3H3/t11-,12-,13-/m0/s1. The summed E-state index contributed by atoms with van der Waals surface area (Å²) in [5.41, 5.74) is 0. The molecular weight excluding hydrogens is 376 g/mol. The molecular formula is C16H26N4O4S2. The van der Waals surface area contributed by atoms with E-state index in [4.69, 9.17) is 4.74 Å². The lowest BCUT2D eigenvalue weighted by atomic mass is 10.1. The molecule has 0 radical (unpaired) electrons. The van der Waals surface area contributed by atoms with Gasteiger partial charge in [0, 0.05) is 26.6 Å². The normalized spacial score (nSPS) is 28.4. The van der Waals surface area contributed by atoms with Gasteiger partial charge in [-0.1, -0.05) is 11.8 Å². The summed E-state index contributed by atoms with van der Waals surface area (Å²) in [6, 6.07) is 0. The first kappa shape index (κ1) is 19.6. The molecule has 2 fully saturated rings. The fourth-order valence-electron chi connectivity index (χ4n) is 3.54. The molecule has 3 atom stereocenters. The van der Waals surface area contributed by atoms with Gasteiger partial charge in [0.1, 0.15) is 5.82 Å². The molecule has 0 aromatic carbocycles. The second kappa shape index (κ2) is 7.85. The maximum atomic E-state index is 12.5. The van der Waals surface area contributed by atoms with Gasteiger partial charge in [-0.15, -0.1) is 10.2 Å². The van der Waals surface area contributed by atoms with Gasteiger partial charge in [0.15, 0.2) is 15.0 Å². The molecule has 2 aliphatic heterocycles. The maximum Gasteiger partial charge on any atom is 0.233 e. The van der Waals surface area contributed by atoms with Crippen molar-refractivity contribution in [2.45, 2.75) is 44.1 Å². The smallest absolute Gasteiger partial charge is 0.233 e. The lowest BCUT2D eigenvalue weighted by Crippen LogP contribution is -2.48. The van der Waals surface area contributed by atoms with Gasteiger partial charge in [-0.3, -0.25) is 4.79 Å². The summed E-state index contributed by atoms with van der Waals surface area (Å²) in [5, 5.41) is 9.05. The van der Waals surface area contributed by atoms with Crippen molar-refractivity contribution in [1.29, 1.82) is 0 Å². The number of aromatic nitrogens is 3. The molecule has 2 saturated heterocycles. The molecule has 3 rings (SSSR count). The van der Waals surface area contributed by atoms with Gasteiger partial charge in [0.2, 0.25) is 5.91 Å². The first-order chi connectivity index (χ1) is 12.2. The van der Waals surface area contributed by atoms with Crippen LogP contribution in [0.5, 0.6) is 0 Å². The lowest BCUT2D eigenvalue weighted by molar-refractivity contribution is -0.140. The van der Waals surface area contributed by atoms with Crippen LogP contribution in [0.15, 0.2) is 5.16 Å². The first-order valence-electron chi connectivity index (χ1n) is 8.88. The molecule has 26 heavy (non-hydrogen) atoms. The van der Waals surface area contributed by atoms with Gasteiger partial charge >= 0.3 is 0 Å². The summed E-state index contributed by atoms with van der Waals surface area (Å²) in [6.45, 7) is 5.18. The maximum absolute atomic E-state index is 12.5. The minimum Gasteiger partial charge on any atom is -0.372 e.